The molecule has 1 aromatic carbocycles. The molecular weight excluding hydrogens is 336 g/mol. The second kappa shape index (κ2) is 5.51. The Bertz CT molecular complexity index is 518. The Balaban J connectivity index is 2.11. The third kappa shape index (κ3) is 3.28. The van der Waals surface area contributed by atoms with E-state index >= 15 is 0 Å². The molecule has 0 spiro atoms. The summed E-state index contributed by atoms with van der Waals surface area (Å²) in [6.07, 6.45) is 3.13. The van der Waals surface area contributed by atoms with Crippen LogP contribution in [0.4, 0.5) is 0 Å². The van der Waals surface area contributed by atoms with Gasteiger partial charge < -0.3 is 0 Å². The molecule has 1 aliphatic carbocycles. The summed E-state index contributed by atoms with van der Waals surface area (Å²) in [6, 6.07) is 7.14. The van der Waals surface area contributed by atoms with Gasteiger partial charge in [-0.05, 0) is 29.9 Å². The van der Waals surface area contributed by atoms with Crippen LogP contribution in [0.2, 0.25) is 5.02 Å². The number of sulfone groups is 1. The zero-order valence-corrected chi connectivity index (χ0v) is 13.2. The van der Waals surface area contributed by atoms with Crippen molar-refractivity contribution in [1.82, 2.24) is 0 Å². The standard InChI is InChI=1S/C13H16BrClO2S/c14-9-13(6-3-7-13)10-18(16,17)8-11-4-1-2-5-12(11)15/h1-2,4-5H,3,6-10H2. The Kier molecular flexibility index (Phi) is 4.40. The molecule has 0 aliphatic heterocycles. The first-order chi connectivity index (χ1) is 8.46. The molecule has 100 valence electrons. The number of hydrogen-bond acceptors (Lipinski definition) is 2. The van der Waals surface area contributed by atoms with E-state index in [9.17, 15) is 8.42 Å². The SMILES string of the molecule is O=S(=O)(Cc1ccccc1Cl)CC1(CBr)CCC1. The van der Waals surface area contributed by atoms with Crippen LogP contribution in [0.5, 0.6) is 0 Å². The fourth-order valence-electron chi connectivity index (χ4n) is 2.36. The molecule has 5 heteroatoms. The summed E-state index contributed by atoms with van der Waals surface area (Å²) < 4.78 is 24.5. The summed E-state index contributed by atoms with van der Waals surface area (Å²) in [5, 5.41) is 1.30. The van der Waals surface area contributed by atoms with E-state index in [1.807, 2.05) is 12.1 Å². The van der Waals surface area contributed by atoms with Gasteiger partial charge in [0.1, 0.15) is 0 Å². The van der Waals surface area contributed by atoms with Crippen molar-refractivity contribution < 1.29 is 8.42 Å². The van der Waals surface area contributed by atoms with Crippen LogP contribution in [-0.2, 0) is 15.6 Å². The smallest absolute Gasteiger partial charge is 0.155 e. The van der Waals surface area contributed by atoms with Crippen LogP contribution in [-0.4, -0.2) is 19.5 Å². The van der Waals surface area contributed by atoms with Crippen LogP contribution in [0, 0.1) is 5.41 Å². The summed E-state index contributed by atoms with van der Waals surface area (Å²) in [5.41, 5.74) is 0.656. The molecule has 0 atom stereocenters. The molecule has 1 aliphatic rings. The molecular formula is C13H16BrClO2S. The molecule has 0 radical (unpaired) electrons. The van der Waals surface area contributed by atoms with Crippen LogP contribution >= 0.6 is 27.5 Å². The van der Waals surface area contributed by atoms with Crippen molar-refractivity contribution in [2.75, 3.05) is 11.1 Å². The van der Waals surface area contributed by atoms with Gasteiger partial charge in [0.05, 0.1) is 11.5 Å². The zero-order chi connectivity index (χ0) is 13.2. The first-order valence-electron chi connectivity index (χ1n) is 5.96. The maximum atomic E-state index is 12.2. The van der Waals surface area contributed by atoms with Gasteiger partial charge in [0.15, 0.2) is 9.84 Å². The van der Waals surface area contributed by atoms with E-state index in [1.54, 1.807) is 12.1 Å². The minimum Gasteiger partial charge on any atom is -0.228 e. The Hall–Kier alpha value is -0.0600. The number of alkyl halides is 1. The minimum absolute atomic E-state index is 0.0416. The fourth-order valence-corrected chi connectivity index (χ4v) is 5.82. The van der Waals surface area contributed by atoms with E-state index in [2.05, 4.69) is 15.9 Å². The molecule has 0 heterocycles. The van der Waals surface area contributed by atoms with Gasteiger partial charge in [0.25, 0.3) is 0 Å². The van der Waals surface area contributed by atoms with Crippen molar-refractivity contribution >= 4 is 37.4 Å². The molecule has 2 nitrogen and oxygen atoms in total. The highest BCUT2D eigenvalue weighted by atomic mass is 79.9. The normalized spacial score (nSPS) is 18.3. The lowest BCUT2D eigenvalue weighted by molar-refractivity contribution is 0.203. The second-order valence-electron chi connectivity index (χ2n) is 5.11. The topological polar surface area (TPSA) is 34.1 Å². The maximum absolute atomic E-state index is 12.2. The monoisotopic (exact) mass is 350 g/mol. The van der Waals surface area contributed by atoms with Crippen LogP contribution in [0.25, 0.3) is 0 Å². The molecule has 0 unspecified atom stereocenters. The lowest BCUT2D eigenvalue weighted by Crippen LogP contribution is -2.38. The first kappa shape index (κ1) is 14.4. The van der Waals surface area contributed by atoms with Crippen molar-refractivity contribution in [2.45, 2.75) is 25.0 Å². The van der Waals surface area contributed by atoms with Gasteiger partial charge in [0.2, 0.25) is 0 Å². The van der Waals surface area contributed by atoms with E-state index in [-0.39, 0.29) is 16.9 Å². The quantitative estimate of drug-likeness (QED) is 0.756. The minimum atomic E-state index is -3.10. The van der Waals surface area contributed by atoms with Crippen molar-refractivity contribution in [3.05, 3.63) is 34.9 Å². The zero-order valence-electron chi connectivity index (χ0n) is 10.0. The van der Waals surface area contributed by atoms with Gasteiger partial charge in [-0.25, -0.2) is 8.42 Å². The highest BCUT2D eigenvalue weighted by Crippen LogP contribution is 2.43. The third-order valence-corrected chi connectivity index (χ3v) is 6.92. The molecule has 1 saturated carbocycles. The number of halogens is 2. The maximum Gasteiger partial charge on any atom is 0.155 e. The van der Waals surface area contributed by atoms with Gasteiger partial charge in [-0.15, -0.1) is 0 Å². The van der Waals surface area contributed by atoms with Crippen LogP contribution < -0.4 is 0 Å². The molecule has 0 N–H and O–H groups in total. The summed E-state index contributed by atoms with van der Waals surface area (Å²) in [6.45, 7) is 0. The second-order valence-corrected chi connectivity index (χ2v) is 8.14. The molecule has 0 saturated heterocycles. The summed E-state index contributed by atoms with van der Waals surface area (Å²) in [4.78, 5) is 0. The average Bonchev–Trinajstić information content (AvgIpc) is 2.27. The first-order valence-corrected chi connectivity index (χ1v) is 9.28. The van der Waals surface area contributed by atoms with Gasteiger partial charge in [-0.1, -0.05) is 52.2 Å². The molecule has 0 bridgehead atoms. The molecule has 1 aromatic rings. The number of rotatable bonds is 5. The van der Waals surface area contributed by atoms with Crippen molar-refractivity contribution in [3.63, 3.8) is 0 Å². The van der Waals surface area contributed by atoms with Gasteiger partial charge >= 0.3 is 0 Å². The Morgan fingerprint density at radius 3 is 2.44 bits per heavy atom. The molecule has 1 fully saturated rings. The van der Waals surface area contributed by atoms with Crippen molar-refractivity contribution in [2.24, 2.45) is 5.41 Å². The fraction of sp³-hybridized carbons (Fsp3) is 0.538. The van der Waals surface area contributed by atoms with Gasteiger partial charge in [0, 0.05) is 10.4 Å². The highest BCUT2D eigenvalue weighted by Gasteiger charge is 2.39. The third-order valence-electron chi connectivity index (χ3n) is 3.56. The summed E-state index contributed by atoms with van der Waals surface area (Å²) in [5.74, 6) is 0.303. The predicted octanol–water partition coefficient (Wildman–Crippen LogP) is 3.82. The van der Waals surface area contributed by atoms with Crippen molar-refractivity contribution in [3.8, 4) is 0 Å². The average molecular weight is 352 g/mol. The molecule has 2 rings (SSSR count). The van der Waals surface area contributed by atoms with Crippen molar-refractivity contribution in [1.29, 1.82) is 0 Å². The van der Waals surface area contributed by atoms with Gasteiger partial charge in [-0.3, -0.25) is 0 Å². The molecule has 0 amide bonds. The Morgan fingerprint density at radius 1 is 1.28 bits per heavy atom. The lowest BCUT2D eigenvalue weighted by atomic mass is 9.72. The lowest BCUT2D eigenvalue weighted by Gasteiger charge is -2.40. The van der Waals surface area contributed by atoms with E-state index in [0.717, 1.165) is 24.6 Å². The predicted molar refractivity (Wildman–Crippen MR) is 79.0 cm³/mol. The molecule has 18 heavy (non-hydrogen) atoms. The summed E-state index contributed by atoms with van der Waals surface area (Å²) in [7, 11) is -3.10. The summed E-state index contributed by atoms with van der Waals surface area (Å²) >= 11 is 9.46. The van der Waals surface area contributed by atoms with Crippen LogP contribution in [0.3, 0.4) is 0 Å². The number of hydrogen-bond donors (Lipinski definition) is 0. The highest BCUT2D eigenvalue weighted by molar-refractivity contribution is 9.09. The van der Waals surface area contributed by atoms with Gasteiger partial charge in [-0.2, -0.15) is 0 Å². The van der Waals surface area contributed by atoms with Crippen LogP contribution in [0.1, 0.15) is 24.8 Å². The Labute approximate surface area is 122 Å². The van der Waals surface area contributed by atoms with E-state index < -0.39 is 9.84 Å². The van der Waals surface area contributed by atoms with Crippen LogP contribution in [0.15, 0.2) is 24.3 Å². The molecule has 0 aromatic heterocycles. The largest absolute Gasteiger partial charge is 0.228 e. The Morgan fingerprint density at radius 2 is 1.94 bits per heavy atom. The van der Waals surface area contributed by atoms with E-state index in [4.69, 9.17) is 11.6 Å². The number of benzene rings is 1. The van der Waals surface area contributed by atoms with E-state index in [0.29, 0.717) is 10.6 Å². The van der Waals surface area contributed by atoms with E-state index in [1.165, 1.54) is 0 Å².